The smallest absolute Gasteiger partial charge is 0.137 e. The molecule has 0 aliphatic heterocycles. The van der Waals surface area contributed by atoms with Gasteiger partial charge in [0.1, 0.15) is 5.82 Å². The van der Waals surface area contributed by atoms with Crippen LogP contribution in [0.1, 0.15) is 39.2 Å². The topological polar surface area (TPSA) is 12.0 Å². The van der Waals surface area contributed by atoms with Crippen LogP contribution in [-0.4, -0.2) is 13.1 Å². The summed E-state index contributed by atoms with van der Waals surface area (Å²) in [4.78, 5) is 0. The fourth-order valence-electron chi connectivity index (χ4n) is 1.91. The maximum atomic E-state index is 13.1. The minimum atomic E-state index is -0.190. The second kappa shape index (κ2) is 7.25. The second-order valence-electron chi connectivity index (χ2n) is 5.52. The lowest BCUT2D eigenvalue weighted by Crippen LogP contribution is -2.22. The number of rotatable bonds is 7. The molecule has 0 amide bonds. The summed E-state index contributed by atoms with van der Waals surface area (Å²) in [5.74, 6) is -0.190. The third-order valence-corrected chi connectivity index (χ3v) is 3.91. The molecule has 1 rings (SSSR count). The number of halogens is 2. The number of benzene rings is 1. The minimum Gasteiger partial charge on any atom is -0.317 e. The van der Waals surface area contributed by atoms with Gasteiger partial charge in [-0.05, 0) is 71.4 Å². The average Bonchev–Trinajstić information content (AvgIpc) is 2.31. The molecule has 0 aliphatic carbocycles. The molecule has 3 heteroatoms. The summed E-state index contributed by atoms with van der Waals surface area (Å²) in [7, 11) is 0. The Morgan fingerprint density at radius 1 is 1.28 bits per heavy atom. The van der Waals surface area contributed by atoms with E-state index in [0.29, 0.717) is 9.89 Å². The molecule has 1 aromatic carbocycles. The highest BCUT2D eigenvalue weighted by Gasteiger charge is 2.17. The van der Waals surface area contributed by atoms with E-state index >= 15 is 0 Å². The highest BCUT2D eigenvalue weighted by molar-refractivity contribution is 9.10. The number of nitrogens with one attached hydrogen (secondary N) is 1. The Hall–Kier alpha value is -0.410. The summed E-state index contributed by atoms with van der Waals surface area (Å²) < 4.78 is 13.7. The molecule has 0 aliphatic rings. The molecule has 1 N–H and O–H groups in total. The molecule has 0 radical (unpaired) electrons. The summed E-state index contributed by atoms with van der Waals surface area (Å²) in [5.41, 5.74) is 1.52. The van der Waals surface area contributed by atoms with Gasteiger partial charge in [-0.1, -0.05) is 26.8 Å². The molecule has 1 nitrogen and oxygen atoms in total. The zero-order valence-corrected chi connectivity index (χ0v) is 13.1. The average molecular weight is 316 g/mol. The quantitative estimate of drug-likeness (QED) is 0.728. The van der Waals surface area contributed by atoms with Crippen molar-refractivity contribution >= 4 is 15.9 Å². The molecule has 0 spiro atoms. The van der Waals surface area contributed by atoms with E-state index in [0.717, 1.165) is 25.9 Å². The van der Waals surface area contributed by atoms with Gasteiger partial charge < -0.3 is 5.32 Å². The summed E-state index contributed by atoms with van der Waals surface area (Å²) in [5, 5.41) is 3.36. The maximum absolute atomic E-state index is 13.1. The van der Waals surface area contributed by atoms with Gasteiger partial charge in [-0.2, -0.15) is 0 Å². The molecule has 0 fully saturated rings. The zero-order valence-electron chi connectivity index (χ0n) is 11.5. The van der Waals surface area contributed by atoms with Crippen LogP contribution in [0.3, 0.4) is 0 Å². The third kappa shape index (κ3) is 5.49. The van der Waals surface area contributed by atoms with Crippen LogP contribution >= 0.6 is 15.9 Å². The Bertz CT molecular complexity index is 377. The molecule has 102 valence electrons. The van der Waals surface area contributed by atoms with Crippen molar-refractivity contribution in [3.8, 4) is 0 Å². The molecule has 0 atom stereocenters. The van der Waals surface area contributed by atoms with Crippen molar-refractivity contribution in [2.45, 2.75) is 40.0 Å². The predicted molar refractivity (Wildman–Crippen MR) is 79.4 cm³/mol. The molecule has 0 saturated heterocycles. The molecular weight excluding hydrogens is 293 g/mol. The molecule has 0 unspecified atom stereocenters. The molecule has 0 aromatic heterocycles. The minimum absolute atomic E-state index is 0.190. The van der Waals surface area contributed by atoms with Crippen LogP contribution in [-0.2, 0) is 6.42 Å². The zero-order chi connectivity index (χ0) is 13.6. The third-order valence-electron chi connectivity index (χ3n) is 3.30. The number of aryl methyl sites for hydroxylation is 1. The first-order valence-electron chi connectivity index (χ1n) is 6.59. The standard InChI is InChI=1S/C15H23BrFN/c1-4-18-10-9-15(2,3)8-7-12-5-6-14(17)13(16)11-12/h5-6,11,18H,4,7-10H2,1-3H3. The molecule has 18 heavy (non-hydrogen) atoms. The van der Waals surface area contributed by atoms with Crippen LogP contribution in [0.15, 0.2) is 22.7 Å². The van der Waals surface area contributed by atoms with E-state index in [9.17, 15) is 4.39 Å². The van der Waals surface area contributed by atoms with Crippen LogP contribution in [0.5, 0.6) is 0 Å². The lowest BCUT2D eigenvalue weighted by Gasteiger charge is -2.24. The van der Waals surface area contributed by atoms with Gasteiger partial charge in [0.05, 0.1) is 4.47 Å². The van der Waals surface area contributed by atoms with Crippen LogP contribution < -0.4 is 5.32 Å². The predicted octanol–water partition coefficient (Wildman–Crippen LogP) is 4.55. The summed E-state index contributed by atoms with van der Waals surface area (Å²) in [6.07, 6.45) is 3.29. The van der Waals surface area contributed by atoms with Gasteiger partial charge in [0.15, 0.2) is 0 Å². The van der Waals surface area contributed by atoms with Crippen molar-refractivity contribution in [1.29, 1.82) is 0 Å². The Labute approximate surface area is 118 Å². The van der Waals surface area contributed by atoms with Crippen molar-refractivity contribution in [1.82, 2.24) is 5.32 Å². The van der Waals surface area contributed by atoms with Gasteiger partial charge in [-0.3, -0.25) is 0 Å². The second-order valence-corrected chi connectivity index (χ2v) is 6.37. The normalized spacial score (nSPS) is 11.8. The van der Waals surface area contributed by atoms with Crippen molar-refractivity contribution in [3.05, 3.63) is 34.1 Å². The van der Waals surface area contributed by atoms with E-state index in [4.69, 9.17) is 0 Å². The van der Waals surface area contributed by atoms with E-state index in [-0.39, 0.29) is 5.82 Å². The maximum Gasteiger partial charge on any atom is 0.137 e. The highest BCUT2D eigenvalue weighted by atomic mass is 79.9. The van der Waals surface area contributed by atoms with Gasteiger partial charge in [-0.15, -0.1) is 0 Å². The van der Waals surface area contributed by atoms with Crippen molar-refractivity contribution < 1.29 is 4.39 Å². The molecule has 0 saturated carbocycles. The Morgan fingerprint density at radius 3 is 2.61 bits per heavy atom. The van der Waals surface area contributed by atoms with Crippen molar-refractivity contribution in [2.75, 3.05) is 13.1 Å². The van der Waals surface area contributed by atoms with Gasteiger partial charge in [0.2, 0.25) is 0 Å². The fraction of sp³-hybridized carbons (Fsp3) is 0.600. The highest BCUT2D eigenvalue weighted by Crippen LogP contribution is 2.27. The lowest BCUT2D eigenvalue weighted by molar-refractivity contribution is 0.303. The van der Waals surface area contributed by atoms with Gasteiger partial charge in [-0.25, -0.2) is 4.39 Å². The number of hydrogen-bond acceptors (Lipinski definition) is 1. The van der Waals surface area contributed by atoms with Gasteiger partial charge in [0, 0.05) is 0 Å². The Morgan fingerprint density at radius 2 is 2.00 bits per heavy atom. The lowest BCUT2D eigenvalue weighted by atomic mass is 9.83. The molecule has 1 aromatic rings. The largest absolute Gasteiger partial charge is 0.317 e. The van der Waals surface area contributed by atoms with Crippen molar-refractivity contribution in [3.63, 3.8) is 0 Å². The fourth-order valence-corrected chi connectivity index (χ4v) is 2.33. The number of hydrogen-bond donors (Lipinski definition) is 1. The van der Waals surface area contributed by atoms with Crippen LogP contribution in [0.4, 0.5) is 4.39 Å². The monoisotopic (exact) mass is 315 g/mol. The van der Waals surface area contributed by atoms with Crippen molar-refractivity contribution in [2.24, 2.45) is 5.41 Å². The van der Waals surface area contributed by atoms with E-state index in [1.54, 1.807) is 0 Å². The molecule has 0 bridgehead atoms. The van der Waals surface area contributed by atoms with Crippen LogP contribution in [0.25, 0.3) is 0 Å². The van der Waals surface area contributed by atoms with Gasteiger partial charge in [0.25, 0.3) is 0 Å². The summed E-state index contributed by atoms with van der Waals surface area (Å²) in [6, 6.07) is 5.29. The SMILES string of the molecule is CCNCCC(C)(C)CCc1ccc(F)c(Br)c1. The van der Waals surface area contributed by atoms with Crippen LogP contribution in [0.2, 0.25) is 0 Å². The van der Waals surface area contributed by atoms with E-state index < -0.39 is 0 Å². The van der Waals surface area contributed by atoms with Crippen LogP contribution in [0, 0.1) is 11.2 Å². The van der Waals surface area contributed by atoms with E-state index in [1.165, 1.54) is 18.1 Å². The molecular formula is C15H23BrFN. The summed E-state index contributed by atoms with van der Waals surface area (Å²) >= 11 is 3.23. The Kier molecular flexibility index (Phi) is 6.30. The van der Waals surface area contributed by atoms with E-state index in [1.807, 2.05) is 12.1 Å². The first-order chi connectivity index (χ1) is 8.44. The van der Waals surface area contributed by atoms with Gasteiger partial charge >= 0.3 is 0 Å². The summed E-state index contributed by atoms with van der Waals surface area (Å²) in [6.45, 7) is 8.81. The first-order valence-corrected chi connectivity index (χ1v) is 7.38. The first kappa shape index (κ1) is 15.6. The molecule has 0 heterocycles. The van der Waals surface area contributed by atoms with E-state index in [2.05, 4.69) is 42.0 Å². The Balaban J connectivity index is 2.45.